The Bertz CT molecular complexity index is 445. The molecule has 2 aliphatic heterocycles. The lowest BCUT2D eigenvalue weighted by Crippen LogP contribution is -2.39. The van der Waals surface area contributed by atoms with Crippen LogP contribution in [0.1, 0.15) is 19.4 Å². The summed E-state index contributed by atoms with van der Waals surface area (Å²) in [6, 6.07) is 10.4. The Morgan fingerprint density at radius 2 is 1.71 bits per heavy atom. The van der Waals surface area contributed by atoms with Gasteiger partial charge in [0.15, 0.2) is 0 Å². The quantitative estimate of drug-likeness (QED) is 0.758. The average Bonchev–Trinajstić information content (AvgIpc) is 2.88. The average molecular weight is 264 g/mol. The van der Waals surface area contributed by atoms with Crippen LogP contribution in [0.5, 0.6) is 0 Å². The molecule has 1 aromatic carbocycles. The zero-order valence-corrected chi connectivity index (χ0v) is 11.7. The van der Waals surface area contributed by atoms with E-state index in [4.69, 9.17) is 4.74 Å². The first-order valence-corrected chi connectivity index (χ1v) is 7.85. The van der Waals surface area contributed by atoms with Gasteiger partial charge in [-0.05, 0) is 19.9 Å². The molecule has 0 saturated carbocycles. The van der Waals surface area contributed by atoms with Gasteiger partial charge in [-0.2, -0.15) is 0 Å². The number of ether oxygens (including phenoxy) is 1. The molecule has 17 heavy (non-hydrogen) atoms. The van der Waals surface area contributed by atoms with E-state index in [0.29, 0.717) is 0 Å². The molecule has 1 fully saturated rings. The molecule has 3 rings (SSSR count). The first-order chi connectivity index (χ1) is 8.13. The Morgan fingerprint density at radius 3 is 2.35 bits per heavy atom. The second-order valence-electron chi connectivity index (χ2n) is 4.85. The van der Waals surface area contributed by atoms with Crippen molar-refractivity contribution in [3.05, 3.63) is 42.0 Å². The highest BCUT2D eigenvalue weighted by atomic mass is 32.2. The van der Waals surface area contributed by atoms with E-state index < -0.39 is 0 Å². The molecule has 0 amide bonds. The molecule has 0 N–H and O–H groups in total. The van der Waals surface area contributed by atoms with Gasteiger partial charge in [-0.25, -0.2) is 0 Å². The van der Waals surface area contributed by atoms with Crippen molar-refractivity contribution >= 4 is 29.3 Å². The Hall–Kier alpha value is -0.540. The third kappa shape index (κ3) is 1.80. The van der Waals surface area contributed by atoms with Gasteiger partial charge in [0.1, 0.15) is 15.4 Å². The van der Waals surface area contributed by atoms with E-state index in [9.17, 15) is 0 Å². The lowest BCUT2D eigenvalue weighted by atomic mass is 10.1. The summed E-state index contributed by atoms with van der Waals surface area (Å²) < 4.78 is 6.30. The second kappa shape index (κ2) is 3.99. The third-order valence-electron chi connectivity index (χ3n) is 3.30. The number of rotatable bonds is 1. The van der Waals surface area contributed by atoms with Gasteiger partial charge in [-0.3, -0.25) is 0 Å². The standard InChI is InChI=1S/C14H16OS2/c1-13(2)14(16-8-9-17-14)10-12(15-13)11-6-4-3-5-7-11/h3-7,10H,8-9H2,1-2H3. The first-order valence-electron chi connectivity index (χ1n) is 5.88. The molecule has 2 heterocycles. The topological polar surface area (TPSA) is 9.23 Å². The van der Waals surface area contributed by atoms with Crippen molar-refractivity contribution in [2.45, 2.75) is 23.5 Å². The van der Waals surface area contributed by atoms with Gasteiger partial charge in [0.25, 0.3) is 0 Å². The predicted molar refractivity (Wildman–Crippen MR) is 77.2 cm³/mol. The summed E-state index contributed by atoms with van der Waals surface area (Å²) in [7, 11) is 0. The molecule has 1 spiro atoms. The van der Waals surface area contributed by atoms with Crippen LogP contribution in [-0.4, -0.2) is 21.2 Å². The predicted octanol–water partition coefficient (Wildman–Crippen LogP) is 4.01. The molecule has 0 aliphatic carbocycles. The Morgan fingerprint density at radius 1 is 1.06 bits per heavy atom. The maximum Gasteiger partial charge on any atom is 0.131 e. The van der Waals surface area contributed by atoms with E-state index in [1.807, 2.05) is 29.6 Å². The van der Waals surface area contributed by atoms with Gasteiger partial charge in [-0.1, -0.05) is 30.3 Å². The largest absolute Gasteiger partial charge is 0.485 e. The SMILES string of the molecule is CC1(C)OC(c2ccccc2)=CC12SCCS2. The van der Waals surface area contributed by atoms with Gasteiger partial charge in [0.2, 0.25) is 0 Å². The smallest absolute Gasteiger partial charge is 0.131 e. The van der Waals surface area contributed by atoms with E-state index in [1.54, 1.807) is 0 Å². The highest BCUT2D eigenvalue weighted by molar-refractivity contribution is 8.21. The summed E-state index contributed by atoms with van der Waals surface area (Å²) in [5, 5.41) is 0. The number of hydrogen-bond acceptors (Lipinski definition) is 3. The van der Waals surface area contributed by atoms with Gasteiger partial charge in [0, 0.05) is 17.1 Å². The van der Waals surface area contributed by atoms with Crippen LogP contribution in [0.2, 0.25) is 0 Å². The zero-order chi connectivity index (χ0) is 11.9. The van der Waals surface area contributed by atoms with Crippen molar-refractivity contribution in [1.29, 1.82) is 0 Å². The monoisotopic (exact) mass is 264 g/mol. The molecule has 1 aromatic rings. The fraction of sp³-hybridized carbons (Fsp3) is 0.429. The molecule has 90 valence electrons. The van der Waals surface area contributed by atoms with E-state index in [2.05, 4.69) is 44.2 Å². The lowest BCUT2D eigenvalue weighted by Gasteiger charge is -2.34. The molecule has 0 radical (unpaired) electrons. The summed E-state index contributed by atoms with van der Waals surface area (Å²) in [5.41, 5.74) is 1.06. The molecule has 0 bridgehead atoms. The highest BCUT2D eigenvalue weighted by Crippen LogP contribution is 2.58. The minimum absolute atomic E-state index is 0.109. The van der Waals surface area contributed by atoms with E-state index in [1.165, 1.54) is 17.1 Å². The molecule has 1 nitrogen and oxygen atoms in total. The summed E-state index contributed by atoms with van der Waals surface area (Å²) in [6.45, 7) is 4.40. The van der Waals surface area contributed by atoms with Crippen molar-refractivity contribution in [2.75, 3.05) is 11.5 Å². The van der Waals surface area contributed by atoms with Crippen LogP contribution in [0.3, 0.4) is 0 Å². The lowest BCUT2D eigenvalue weighted by molar-refractivity contribution is 0.0975. The van der Waals surface area contributed by atoms with E-state index in [-0.39, 0.29) is 9.68 Å². The van der Waals surface area contributed by atoms with Crippen LogP contribution in [-0.2, 0) is 4.74 Å². The number of benzene rings is 1. The molecule has 0 atom stereocenters. The molecular weight excluding hydrogens is 248 g/mol. The van der Waals surface area contributed by atoms with Crippen LogP contribution in [0, 0.1) is 0 Å². The van der Waals surface area contributed by atoms with E-state index >= 15 is 0 Å². The summed E-state index contributed by atoms with van der Waals surface area (Å²) in [6.07, 6.45) is 2.32. The fourth-order valence-electron chi connectivity index (χ4n) is 2.33. The van der Waals surface area contributed by atoms with Crippen LogP contribution in [0.15, 0.2) is 36.4 Å². The highest BCUT2D eigenvalue weighted by Gasteiger charge is 2.53. The van der Waals surface area contributed by atoms with Crippen LogP contribution >= 0.6 is 23.5 Å². The third-order valence-corrected chi connectivity index (χ3v) is 7.16. The minimum atomic E-state index is -0.121. The molecule has 1 saturated heterocycles. The maximum atomic E-state index is 6.19. The maximum absolute atomic E-state index is 6.19. The van der Waals surface area contributed by atoms with Gasteiger partial charge in [-0.15, -0.1) is 23.5 Å². The fourth-order valence-corrected chi connectivity index (χ4v) is 5.59. The van der Waals surface area contributed by atoms with Gasteiger partial charge in [0.05, 0.1) is 0 Å². The van der Waals surface area contributed by atoms with E-state index in [0.717, 1.165) is 5.76 Å². The Kier molecular flexibility index (Phi) is 2.71. The Balaban J connectivity index is 1.99. The Labute approximate surface area is 111 Å². The number of hydrogen-bond donors (Lipinski definition) is 0. The van der Waals surface area contributed by atoms with Crippen LogP contribution in [0.4, 0.5) is 0 Å². The van der Waals surface area contributed by atoms with Crippen molar-refractivity contribution in [3.8, 4) is 0 Å². The van der Waals surface area contributed by atoms with Gasteiger partial charge < -0.3 is 4.74 Å². The van der Waals surface area contributed by atoms with Crippen molar-refractivity contribution < 1.29 is 4.74 Å². The second-order valence-corrected chi connectivity index (χ2v) is 7.79. The summed E-state index contributed by atoms with van der Waals surface area (Å²) in [4.78, 5) is 0. The minimum Gasteiger partial charge on any atom is -0.485 e. The summed E-state index contributed by atoms with van der Waals surface area (Å²) in [5.74, 6) is 3.48. The normalized spacial score (nSPS) is 24.7. The molecule has 2 aliphatic rings. The zero-order valence-electron chi connectivity index (χ0n) is 10.1. The van der Waals surface area contributed by atoms with Crippen LogP contribution < -0.4 is 0 Å². The molecule has 0 unspecified atom stereocenters. The number of thioether (sulfide) groups is 2. The van der Waals surface area contributed by atoms with Gasteiger partial charge >= 0.3 is 0 Å². The van der Waals surface area contributed by atoms with Crippen molar-refractivity contribution in [2.24, 2.45) is 0 Å². The van der Waals surface area contributed by atoms with Crippen LogP contribution in [0.25, 0.3) is 5.76 Å². The summed E-state index contributed by atoms with van der Waals surface area (Å²) >= 11 is 4.04. The first kappa shape index (κ1) is 11.5. The van der Waals surface area contributed by atoms with Crippen molar-refractivity contribution in [1.82, 2.24) is 0 Å². The molecular formula is C14H16OS2. The van der Waals surface area contributed by atoms with Crippen molar-refractivity contribution in [3.63, 3.8) is 0 Å². The molecule has 3 heteroatoms. The molecule has 0 aromatic heterocycles.